The van der Waals surface area contributed by atoms with Crippen LogP contribution in [-0.2, 0) is 9.53 Å². The average Bonchev–Trinajstić information content (AvgIpc) is 3.15. The van der Waals surface area contributed by atoms with Gasteiger partial charge in [-0.15, -0.1) is 12.4 Å². The smallest absolute Gasteiger partial charge is 0.414 e. The maximum Gasteiger partial charge on any atom is 0.414 e. The molecule has 2 aliphatic heterocycles. The van der Waals surface area contributed by atoms with E-state index in [2.05, 4.69) is 20.2 Å². The van der Waals surface area contributed by atoms with E-state index < -0.39 is 29.8 Å². The molecule has 0 spiro atoms. The number of cyclic esters (lactones) is 1. The lowest BCUT2D eigenvalue weighted by Gasteiger charge is -2.27. The number of benzene rings is 1. The first-order valence-corrected chi connectivity index (χ1v) is 9.79. The molecule has 0 saturated carbocycles. The summed E-state index contributed by atoms with van der Waals surface area (Å²) in [5.41, 5.74) is 6.51. The van der Waals surface area contributed by atoms with E-state index in [1.165, 1.54) is 11.0 Å². The lowest BCUT2D eigenvalue weighted by atomic mass is 10.0. The lowest BCUT2D eigenvalue weighted by Crippen LogP contribution is -2.44. The van der Waals surface area contributed by atoms with Crippen LogP contribution in [0.4, 0.5) is 20.8 Å². The molecule has 1 unspecified atom stereocenters. The number of nitrogens with zero attached hydrogens (tertiary/aromatic N) is 4. The number of piperazine rings is 1. The van der Waals surface area contributed by atoms with Gasteiger partial charge in [0, 0.05) is 49.7 Å². The highest BCUT2D eigenvalue weighted by atomic mass is 35.5. The number of hydrogen-bond acceptors (Lipinski definition) is 7. The third-order valence-electron chi connectivity index (χ3n) is 5.45. The number of aromatic nitrogens is 2. The minimum absolute atomic E-state index is 0. The van der Waals surface area contributed by atoms with E-state index in [0.717, 1.165) is 26.2 Å². The number of hydrogen-bond donors (Lipinski definition) is 2. The minimum atomic E-state index is -0.663. The van der Waals surface area contributed by atoms with Gasteiger partial charge in [-0.3, -0.25) is 9.69 Å². The molecule has 0 aliphatic carbocycles. The Morgan fingerprint density at radius 2 is 1.97 bits per heavy atom. The molecule has 2 saturated heterocycles. The number of anilines is 2. The molecule has 31 heavy (non-hydrogen) atoms. The van der Waals surface area contributed by atoms with Crippen molar-refractivity contribution < 1.29 is 18.7 Å². The van der Waals surface area contributed by atoms with Crippen molar-refractivity contribution in [1.82, 2.24) is 15.3 Å². The van der Waals surface area contributed by atoms with Crippen molar-refractivity contribution in [2.75, 3.05) is 42.5 Å². The normalized spacial score (nSPS) is 19.5. The molecule has 0 bridgehead atoms. The van der Waals surface area contributed by atoms with E-state index >= 15 is 0 Å². The van der Waals surface area contributed by atoms with Crippen LogP contribution in [0, 0.1) is 11.7 Å². The van der Waals surface area contributed by atoms with E-state index in [1.807, 2.05) is 0 Å². The summed E-state index contributed by atoms with van der Waals surface area (Å²) in [7, 11) is 0. The highest BCUT2D eigenvalue weighted by molar-refractivity contribution is 5.91. The van der Waals surface area contributed by atoms with Crippen LogP contribution >= 0.6 is 12.4 Å². The zero-order valence-corrected chi connectivity index (χ0v) is 17.8. The SMILES string of the molecule is C[C@H](C(N)=O)C1CN(c2ccc(-c3cnc(N4CCNCC4)nc3)c(F)c2)C(=O)O1.Cl. The predicted molar refractivity (Wildman–Crippen MR) is 116 cm³/mol. The Bertz CT molecular complexity index is 954. The first kappa shape index (κ1) is 22.7. The van der Waals surface area contributed by atoms with Crippen molar-refractivity contribution in [3.8, 4) is 11.1 Å². The van der Waals surface area contributed by atoms with Crippen molar-refractivity contribution in [3.05, 3.63) is 36.4 Å². The molecule has 3 heterocycles. The Kier molecular flexibility index (Phi) is 6.91. The summed E-state index contributed by atoms with van der Waals surface area (Å²) in [6.45, 7) is 5.12. The van der Waals surface area contributed by atoms with Gasteiger partial charge in [-0.25, -0.2) is 19.2 Å². The van der Waals surface area contributed by atoms with Gasteiger partial charge >= 0.3 is 6.09 Å². The molecule has 11 heteroatoms. The van der Waals surface area contributed by atoms with Gasteiger partial charge in [0.05, 0.1) is 18.2 Å². The first-order valence-electron chi connectivity index (χ1n) is 9.79. The molecule has 2 atom stereocenters. The summed E-state index contributed by atoms with van der Waals surface area (Å²) in [6, 6.07) is 4.46. The number of carbonyl (C=O) groups is 2. The number of halogens is 2. The van der Waals surface area contributed by atoms with Gasteiger partial charge in [0.15, 0.2) is 0 Å². The second kappa shape index (κ2) is 9.44. The third-order valence-corrected chi connectivity index (χ3v) is 5.45. The molecule has 9 nitrogen and oxygen atoms in total. The van der Waals surface area contributed by atoms with Crippen molar-refractivity contribution in [3.63, 3.8) is 0 Å². The van der Waals surface area contributed by atoms with Crippen molar-refractivity contribution >= 4 is 36.0 Å². The Morgan fingerprint density at radius 3 is 2.58 bits per heavy atom. The number of nitrogens with one attached hydrogen (secondary N) is 1. The summed E-state index contributed by atoms with van der Waals surface area (Å²) in [5.74, 6) is -1.08. The molecule has 166 valence electrons. The summed E-state index contributed by atoms with van der Waals surface area (Å²) < 4.78 is 20.0. The number of rotatable bonds is 5. The van der Waals surface area contributed by atoms with Gasteiger partial charge < -0.3 is 20.7 Å². The topological polar surface area (TPSA) is 114 Å². The zero-order chi connectivity index (χ0) is 21.3. The molecule has 2 aliphatic rings. The van der Waals surface area contributed by atoms with Crippen LogP contribution in [0.25, 0.3) is 11.1 Å². The average molecular weight is 451 g/mol. The quantitative estimate of drug-likeness (QED) is 0.710. The second-order valence-electron chi connectivity index (χ2n) is 7.40. The second-order valence-corrected chi connectivity index (χ2v) is 7.40. The van der Waals surface area contributed by atoms with Gasteiger partial charge in [0.1, 0.15) is 11.9 Å². The van der Waals surface area contributed by atoms with E-state index in [4.69, 9.17) is 10.5 Å². The minimum Gasteiger partial charge on any atom is -0.443 e. The van der Waals surface area contributed by atoms with E-state index in [-0.39, 0.29) is 19.0 Å². The van der Waals surface area contributed by atoms with Crippen LogP contribution in [0.3, 0.4) is 0 Å². The fourth-order valence-corrected chi connectivity index (χ4v) is 3.53. The van der Waals surface area contributed by atoms with E-state index in [0.29, 0.717) is 22.8 Å². The van der Waals surface area contributed by atoms with Crippen LogP contribution in [-0.4, -0.2) is 60.8 Å². The summed E-state index contributed by atoms with van der Waals surface area (Å²) in [5, 5.41) is 3.27. The number of ether oxygens (including phenoxy) is 1. The fraction of sp³-hybridized carbons (Fsp3) is 0.400. The van der Waals surface area contributed by atoms with E-state index in [9.17, 15) is 14.0 Å². The largest absolute Gasteiger partial charge is 0.443 e. The fourth-order valence-electron chi connectivity index (χ4n) is 3.53. The number of amides is 2. The van der Waals surface area contributed by atoms with Gasteiger partial charge in [0.25, 0.3) is 0 Å². The standard InChI is InChI=1S/C20H23FN6O3.ClH/c1-12(18(22)28)17-11-27(20(29)30-17)14-2-3-15(16(21)8-14)13-9-24-19(25-10-13)26-6-4-23-5-7-26;/h2-3,8-10,12,17,23H,4-7,11H2,1H3,(H2,22,28);1H/t12-,17?;/m0./s1. The molecule has 4 rings (SSSR count). The molecule has 0 radical (unpaired) electrons. The highest BCUT2D eigenvalue weighted by Gasteiger charge is 2.37. The Balaban J connectivity index is 0.00000272. The number of primary amides is 1. The van der Waals surface area contributed by atoms with Gasteiger partial charge in [-0.2, -0.15) is 0 Å². The molecule has 3 N–H and O–H groups in total. The van der Waals surface area contributed by atoms with Crippen molar-refractivity contribution in [2.45, 2.75) is 13.0 Å². The van der Waals surface area contributed by atoms with E-state index in [1.54, 1.807) is 31.5 Å². The van der Waals surface area contributed by atoms with Crippen LogP contribution in [0.5, 0.6) is 0 Å². The maximum atomic E-state index is 14.8. The molecule has 2 aromatic rings. The number of nitrogens with two attached hydrogens (primary N) is 1. The molecular formula is C20H24ClFN6O3. The van der Waals surface area contributed by atoms with Gasteiger partial charge in [0.2, 0.25) is 11.9 Å². The first-order chi connectivity index (χ1) is 14.4. The monoisotopic (exact) mass is 450 g/mol. The molecule has 2 fully saturated rings. The zero-order valence-electron chi connectivity index (χ0n) is 17.0. The lowest BCUT2D eigenvalue weighted by molar-refractivity contribution is -0.123. The Morgan fingerprint density at radius 1 is 1.29 bits per heavy atom. The van der Waals surface area contributed by atoms with Crippen LogP contribution in [0.15, 0.2) is 30.6 Å². The molecule has 2 amide bonds. The highest BCUT2D eigenvalue weighted by Crippen LogP contribution is 2.30. The van der Waals surface area contributed by atoms with Crippen LogP contribution in [0.1, 0.15) is 6.92 Å². The summed E-state index contributed by atoms with van der Waals surface area (Å²) >= 11 is 0. The van der Waals surface area contributed by atoms with Crippen molar-refractivity contribution in [1.29, 1.82) is 0 Å². The third kappa shape index (κ3) is 4.70. The molecule has 1 aromatic carbocycles. The Hall–Kier alpha value is -2.98. The summed E-state index contributed by atoms with van der Waals surface area (Å²) in [6.07, 6.45) is 1.89. The van der Waals surface area contributed by atoms with Crippen LogP contribution < -0.4 is 20.9 Å². The molecular weight excluding hydrogens is 427 g/mol. The summed E-state index contributed by atoms with van der Waals surface area (Å²) in [4.78, 5) is 35.6. The molecule has 1 aromatic heterocycles. The Labute approximate surface area is 185 Å². The van der Waals surface area contributed by atoms with Gasteiger partial charge in [-0.05, 0) is 25.1 Å². The maximum absolute atomic E-state index is 14.8. The predicted octanol–water partition coefficient (Wildman–Crippen LogP) is 1.56. The van der Waals surface area contributed by atoms with Crippen LogP contribution in [0.2, 0.25) is 0 Å². The van der Waals surface area contributed by atoms with Gasteiger partial charge in [-0.1, -0.05) is 0 Å². The van der Waals surface area contributed by atoms with Crippen molar-refractivity contribution in [2.24, 2.45) is 11.7 Å². The number of carbonyl (C=O) groups excluding carboxylic acids is 2.